The van der Waals surface area contributed by atoms with E-state index >= 15 is 0 Å². The van der Waals surface area contributed by atoms with E-state index in [4.69, 9.17) is 9.47 Å². The number of para-hydroxylation sites is 2. The van der Waals surface area contributed by atoms with E-state index in [1.165, 1.54) is 6.42 Å². The summed E-state index contributed by atoms with van der Waals surface area (Å²) in [5.41, 5.74) is 3.68. The van der Waals surface area contributed by atoms with Gasteiger partial charge in [0.1, 0.15) is 11.5 Å². The van der Waals surface area contributed by atoms with Crippen LogP contribution in [-0.2, 0) is 0 Å². The van der Waals surface area contributed by atoms with Gasteiger partial charge >= 0.3 is 6.03 Å². The summed E-state index contributed by atoms with van der Waals surface area (Å²) in [6.07, 6.45) is 5.48. The van der Waals surface area contributed by atoms with E-state index in [0.717, 1.165) is 69.0 Å². The Bertz CT molecular complexity index is 1350. The molecule has 9 nitrogen and oxygen atoms in total. The Morgan fingerprint density at radius 1 is 0.732 bits per heavy atom. The molecule has 5 rings (SSSR count). The minimum Gasteiger partial charge on any atom is -0.497 e. The molecule has 0 atom stereocenters. The Kier molecular flexibility index (Phi) is 9.13. The van der Waals surface area contributed by atoms with Gasteiger partial charge in [-0.05, 0) is 55.3 Å². The van der Waals surface area contributed by atoms with E-state index in [1.807, 2.05) is 42.5 Å². The van der Waals surface area contributed by atoms with Crippen LogP contribution in [0.15, 0.2) is 66.7 Å². The van der Waals surface area contributed by atoms with E-state index in [1.54, 1.807) is 32.4 Å². The number of hydrogen-bond acceptors (Lipinski definition) is 6. The van der Waals surface area contributed by atoms with Gasteiger partial charge in [0, 0.05) is 55.3 Å². The first kappa shape index (κ1) is 28.1. The number of carbonyl (C=O) groups is 2. The zero-order valence-corrected chi connectivity index (χ0v) is 23.8. The Morgan fingerprint density at radius 3 is 2.12 bits per heavy atom. The van der Waals surface area contributed by atoms with Gasteiger partial charge in [0.15, 0.2) is 0 Å². The van der Waals surface area contributed by atoms with Gasteiger partial charge in [-0.2, -0.15) is 0 Å². The topological polar surface area (TPSA) is 95.2 Å². The maximum absolute atomic E-state index is 13.6. The standard InChI is InChI=1S/C32H39N5O4/c1-40-26-12-8-11-24(21-26)34-32(39)35-25-15-16-28(27(22-25)31(38)33-23-9-4-3-5-10-23)36-17-19-37(20-18-36)29-13-6-7-14-30(29)41-2/h6-8,11-16,21-23H,3-5,9-10,17-20H2,1-2H3,(H,33,38)(H2,34,35,39). The van der Waals surface area contributed by atoms with Gasteiger partial charge in [-0.3, -0.25) is 4.79 Å². The summed E-state index contributed by atoms with van der Waals surface area (Å²) in [5.74, 6) is 1.41. The fraction of sp³-hybridized carbons (Fsp3) is 0.375. The van der Waals surface area contributed by atoms with Crippen LogP contribution in [0.1, 0.15) is 42.5 Å². The maximum atomic E-state index is 13.6. The number of nitrogens with zero attached hydrogens (tertiary/aromatic N) is 2. The second-order valence-corrected chi connectivity index (χ2v) is 10.5. The molecule has 1 heterocycles. The first-order valence-electron chi connectivity index (χ1n) is 14.3. The highest BCUT2D eigenvalue weighted by Gasteiger charge is 2.25. The van der Waals surface area contributed by atoms with Crippen molar-refractivity contribution in [3.05, 3.63) is 72.3 Å². The molecule has 1 aliphatic heterocycles. The molecular weight excluding hydrogens is 518 g/mol. The van der Waals surface area contributed by atoms with Gasteiger partial charge in [0.2, 0.25) is 0 Å². The van der Waals surface area contributed by atoms with Crippen LogP contribution in [0.2, 0.25) is 0 Å². The number of nitrogens with one attached hydrogen (secondary N) is 3. The van der Waals surface area contributed by atoms with Crippen molar-refractivity contribution >= 4 is 34.7 Å². The second kappa shape index (κ2) is 13.3. The quantitative estimate of drug-likeness (QED) is 0.327. The average molecular weight is 558 g/mol. The predicted octanol–water partition coefficient (Wildman–Crippen LogP) is 5.74. The molecule has 3 aromatic rings. The number of rotatable bonds is 8. The number of piperazine rings is 1. The Balaban J connectivity index is 1.33. The fourth-order valence-corrected chi connectivity index (χ4v) is 5.66. The summed E-state index contributed by atoms with van der Waals surface area (Å²) >= 11 is 0. The fourth-order valence-electron chi connectivity index (χ4n) is 5.66. The Labute approximate surface area is 241 Å². The normalized spacial score (nSPS) is 15.7. The van der Waals surface area contributed by atoms with Crippen LogP contribution < -0.4 is 35.2 Å². The van der Waals surface area contributed by atoms with Crippen LogP contribution in [0.3, 0.4) is 0 Å². The van der Waals surface area contributed by atoms with Crippen molar-refractivity contribution in [3.8, 4) is 11.5 Å². The van der Waals surface area contributed by atoms with Crippen LogP contribution in [0.25, 0.3) is 0 Å². The summed E-state index contributed by atoms with van der Waals surface area (Å²) in [4.78, 5) is 31.0. The third-order valence-electron chi connectivity index (χ3n) is 7.81. The molecule has 0 bridgehead atoms. The Morgan fingerprint density at radius 2 is 1.41 bits per heavy atom. The number of urea groups is 1. The summed E-state index contributed by atoms with van der Waals surface area (Å²) in [6.45, 7) is 3.11. The van der Waals surface area contributed by atoms with E-state index < -0.39 is 6.03 Å². The van der Waals surface area contributed by atoms with Gasteiger partial charge in [-0.15, -0.1) is 0 Å². The number of benzene rings is 3. The van der Waals surface area contributed by atoms with Gasteiger partial charge in [-0.25, -0.2) is 4.79 Å². The lowest BCUT2D eigenvalue weighted by Gasteiger charge is -2.38. The SMILES string of the molecule is COc1cccc(NC(=O)Nc2ccc(N3CCN(c4ccccc4OC)CC3)c(C(=O)NC3CCCCC3)c2)c1. The molecule has 0 unspecified atom stereocenters. The van der Waals surface area contributed by atoms with Crippen LogP contribution in [-0.4, -0.2) is 58.4 Å². The number of hydrogen-bond donors (Lipinski definition) is 3. The minimum absolute atomic E-state index is 0.101. The van der Waals surface area contributed by atoms with Crippen LogP contribution in [0.4, 0.5) is 27.5 Å². The molecule has 2 fully saturated rings. The van der Waals surface area contributed by atoms with Gasteiger partial charge in [-0.1, -0.05) is 37.5 Å². The zero-order valence-electron chi connectivity index (χ0n) is 23.8. The summed E-state index contributed by atoms with van der Waals surface area (Å²) in [6, 6.07) is 20.6. The van der Waals surface area contributed by atoms with Crippen molar-refractivity contribution in [1.82, 2.24) is 5.32 Å². The molecule has 9 heteroatoms. The van der Waals surface area contributed by atoms with Crippen molar-refractivity contribution in [1.29, 1.82) is 0 Å². The average Bonchev–Trinajstić information content (AvgIpc) is 3.01. The number of methoxy groups -OCH3 is 2. The third-order valence-corrected chi connectivity index (χ3v) is 7.81. The highest BCUT2D eigenvalue weighted by molar-refractivity contribution is 6.04. The highest BCUT2D eigenvalue weighted by Crippen LogP contribution is 2.31. The van der Waals surface area contributed by atoms with Crippen LogP contribution in [0, 0.1) is 0 Å². The molecule has 216 valence electrons. The predicted molar refractivity (Wildman–Crippen MR) is 164 cm³/mol. The van der Waals surface area contributed by atoms with E-state index in [-0.39, 0.29) is 11.9 Å². The molecule has 3 aromatic carbocycles. The van der Waals surface area contributed by atoms with Crippen molar-refractivity contribution in [2.45, 2.75) is 38.1 Å². The largest absolute Gasteiger partial charge is 0.497 e. The van der Waals surface area contributed by atoms with Crippen molar-refractivity contribution < 1.29 is 19.1 Å². The molecule has 0 spiro atoms. The molecular formula is C32H39N5O4. The van der Waals surface area contributed by atoms with Crippen LogP contribution in [0.5, 0.6) is 11.5 Å². The first-order chi connectivity index (χ1) is 20.0. The van der Waals surface area contributed by atoms with E-state index in [2.05, 4.69) is 31.8 Å². The molecule has 3 amide bonds. The number of carbonyl (C=O) groups excluding carboxylic acids is 2. The molecule has 0 aromatic heterocycles. The zero-order chi connectivity index (χ0) is 28.6. The summed E-state index contributed by atoms with van der Waals surface area (Å²) in [5, 5.41) is 8.98. The molecule has 1 aliphatic carbocycles. The van der Waals surface area contributed by atoms with Crippen LogP contribution >= 0.6 is 0 Å². The lowest BCUT2D eigenvalue weighted by Crippen LogP contribution is -2.47. The Hall–Kier alpha value is -4.40. The molecule has 1 saturated carbocycles. The number of anilines is 4. The molecule has 1 saturated heterocycles. The smallest absolute Gasteiger partial charge is 0.323 e. The van der Waals surface area contributed by atoms with Gasteiger partial charge in [0.05, 0.1) is 25.5 Å². The van der Waals surface area contributed by atoms with Crippen molar-refractivity contribution in [3.63, 3.8) is 0 Å². The van der Waals surface area contributed by atoms with Gasteiger partial charge in [0.25, 0.3) is 5.91 Å². The number of amides is 3. The van der Waals surface area contributed by atoms with E-state index in [0.29, 0.717) is 22.7 Å². The van der Waals surface area contributed by atoms with Crippen molar-refractivity contribution in [2.75, 3.05) is 60.8 Å². The summed E-state index contributed by atoms with van der Waals surface area (Å²) in [7, 11) is 3.28. The third kappa shape index (κ3) is 7.03. The molecule has 41 heavy (non-hydrogen) atoms. The lowest BCUT2D eigenvalue weighted by molar-refractivity contribution is 0.0928. The van der Waals surface area contributed by atoms with E-state index in [9.17, 15) is 9.59 Å². The number of ether oxygens (including phenoxy) is 2. The minimum atomic E-state index is -0.393. The monoisotopic (exact) mass is 557 g/mol. The summed E-state index contributed by atoms with van der Waals surface area (Å²) < 4.78 is 10.8. The maximum Gasteiger partial charge on any atom is 0.323 e. The van der Waals surface area contributed by atoms with Gasteiger partial charge < -0.3 is 35.2 Å². The molecule has 3 N–H and O–H groups in total. The highest BCUT2D eigenvalue weighted by atomic mass is 16.5. The molecule has 2 aliphatic rings. The lowest BCUT2D eigenvalue weighted by atomic mass is 9.95. The molecule has 0 radical (unpaired) electrons. The second-order valence-electron chi connectivity index (χ2n) is 10.5. The van der Waals surface area contributed by atoms with Crippen molar-refractivity contribution in [2.24, 2.45) is 0 Å². The first-order valence-corrected chi connectivity index (χ1v) is 14.3.